The van der Waals surface area contributed by atoms with Crippen LogP contribution in [0.3, 0.4) is 0 Å². The summed E-state index contributed by atoms with van der Waals surface area (Å²) in [5, 5.41) is 17.7. The number of nitrogens with two attached hydrogens (primary N) is 1. The lowest BCUT2D eigenvalue weighted by Gasteiger charge is -2.06. The third-order valence-electron chi connectivity index (χ3n) is 3.50. The van der Waals surface area contributed by atoms with Gasteiger partial charge in [-0.05, 0) is 11.1 Å². The Kier molecular flexibility index (Phi) is 4.11. The predicted molar refractivity (Wildman–Crippen MR) is 84.8 cm³/mol. The third kappa shape index (κ3) is 3.41. The molecule has 0 aliphatic rings. The van der Waals surface area contributed by atoms with E-state index in [0.29, 0.717) is 18.1 Å². The van der Waals surface area contributed by atoms with Crippen LogP contribution in [0.15, 0.2) is 54.6 Å². The Labute approximate surface area is 132 Å². The molecule has 0 spiro atoms. The number of nitro groups is 1. The number of benzene rings is 2. The summed E-state index contributed by atoms with van der Waals surface area (Å²) in [5.41, 5.74) is 8.07. The highest BCUT2D eigenvalue weighted by molar-refractivity contribution is 5.34. The van der Waals surface area contributed by atoms with E-state index in [0.717, 1.165) is 11.1 Å². The Morgan fingerprint density at radius 3 is 2.48 bits per heavy atom. The molecule has 116 valence electrons. The molecule has 0 aliphatic carbocycles. The summed E-state index contributed by atoms with van der Waals surface area (Å²) in [7, 11) is 0. The van der Waals surface area contributed by atoms with Crippen LogP contribution in [0.25, 0.3) is 0 Å². The molecule has 1 unspecified atom stereocenters. The number of nitro benzene ring substituents is 1. The molecule has 0 aliphatic heterocycles. The van der Waals surface area contributed by atoms with Crippen LogP contribution in [0, 0.1) is 10.1 Å². The van der Waals surface area contributed by atoms with E-state index in [1.54, 1.807) is 12.1 Å². The van der Waals surface area contributed by atoms with Crippen LogP contribution in [-0.4, -0.2) is 20.1 Å². The van der Waals surface area contributed by atoms with Gasteiger partial charge in [0.05, 0.1) is 11.0 Å². The third-order valence-corrected chi connectivity index (χ3v) is 3.50. The van der Waals surface area contributed by atoms with Crippen molar-refractivity contribution < 1.29 is 4.92 Å². The van der Waals surface area contributed by atoms with Gasteiger partial charge < -0.3 is 5.73 Å². The minimum absolute atomic E-state index is 0.0677. The quantitative estimate of drug-likeness (QED) is 0.555. The Bertz CT molecular complexity index is 799. The number of hydrogen-bond acceptors (Lipinski definition) is 5. The lowest BCUT2D eigenvalue weighted by molar-refractivity contribution is -0.384. The first-order valence-corrected chi connectivity index (χ1v) is 7.08. The van der Waals surface area contributed by atoms with Gasteiger partial charge in [-0.3, -0.25) is 15.2 Å². The number of nitrogens with zero attached hydrogens (tertiary/aromatic N) is 3. The van der Waals surface area contributed by atoms with Crippen LogP contribution in [0.5, 0.6) is 0 Å². The molecule has 0 saturated heterocycles. The minimum Gasteiger partial charge on any atom is -0.318 e. The second-order valence-corrected chi connectivity index (χ2v) is 5.13. The van der Waals surface area contributed by atoms with Crippen molar-refractivity contribution in [3.63, 3.8) is 0 Å². The van der Waals surface area contributed by atoms with Gasteiger partial charge in [-0.25, -0.2) is 4.98 Å². The van der Waals surface area contributed by atoms with Crippen LogP contribution >= 0.6 is 0 Å². The van der Waals surface area contributed by atoms with Crippen molar-refractivity contribution in [3.8, 4) is 0 Å². The average Bonchev–Trinajstić information content (AvgIpc) is 3.04. The molecular weight excluding hydrogens is 294 g/mol. The lowest BCUT2D eigenvalue weighted by Crippen LogP contribution is -2.13. The van der Waals surface area contributed by atoms with Crippen molar-refractivity contribution in [3.05, 3.63) is 87.5 Å². The molecule has 7 nitrogen and oxygen atoms in total. The van der Waals surface area contributed by atoms with E-state index in [9.17, 15) is 10.1 Å². The number of aromatic amines is 1. The van der Waals surface area contributed by atoms with Crippen LogP contribution < -0.4 is 5.73 Å². The number of H-pyrrole nitrogens is 1. The molecule has 2 aromatic carbocycles. The normalized spacial score (nSPS) is 12.0. The van der Waals surface area contributed by atoms with Crippen LogP contribution in [0.4, 0.5) is 5.69 Å². The number of non-ortho nitro benzene ring substituents is 1. The molecule has 23 heavy (non-hydrogen) atoms. The standard InChI is InChI=1S/C16H15N5O2/c17-15(12-4-2-1-3-5-12)16-18-14(19-20-16)10-11-6-8-13(9-7-11)21(22)23/h1-9,15H,10,17H2,(H,18,19,20). The van der Waals surface area contributed by atoms with E-state index in [-0.39, 0.29) is 5.69 Å². The summed E-state index contributed by atoms with van der Waals surface area (Å²) in [4.78, 5) is 14.6. The van der Waals surface area contributed by atoms with Crippen LogP contribution in [0.2, 0.25) is 0 Å². The number of hydrogen-bond donors (Lipinski definition) is 2. The van der Waals surface area contributed by atoms with Crippen LogP contribution in [-0.2, 0) is 6.42 Å². The summed E-state index contributed by atoms with van der Waals surface area (Å²) in [6, 6.07) is 15.6. The van der Waals surface area contributed by atoms with Crippen molar-refractivity contribution in [2.45, 2.75) is 12.5 Å². The Morgan fingerprint density at radius 1 is 1.13 bits per heavy atom. The minimum atomic E-state index is -0.421. The van der Waals surface area contributed by atoms with Gasteiger partial charge in [0.2, 0.25) is 0 Å². The Hall–Kier alpha value is -3.06. The second kappa shape index (κ2) is 6.37. The monoisotopic (exact) mass is 309 g/mol. The van der Waals surface area contributed by atoms with E-state index in [1.165, 1.54) is 12.1 Å². The fourth-order valence-corrected chi connectivity index (χ4v) is 2.27. The van der Waals surface area contributed by atoms with Crippen molar-refractivity contribution in [1.82, 2.24) is 15.2 Å². The summed E-state index contributed by atoms with van der Waals surface area (Å²) in [6.45, 7) is 0. The summed E-state index contributed by atoms with van der Waals surface area (Å²) >= 11 is 0. The highest BCUT2D eigenvalue weighted by atomic mass is 16.6. The highest BCUT2D eigenvalue weighted by Crippen LogP contribution is 2.17. The zero-order chi connectivity index (χ0) is 16.2. The summed E-state index contributed by atoms with van der Waals surface area (Å²) in [6.07, 6.45) is 0.506. The molecule has 0 saturated carbocycles. The molecule has 1 heterocycles. The van der Waals surface area contributed by atoms with Gasteiger partial charge in [0.1, 0.15) is 5.82 Å². The van der Waals surface area contributed by atoms with E-state index in [1.807, 2.05) is 30.3 Å². The molecule has 0 bridgehead atoms. The van der Waals surface area contributed by atoms with E-state index >= 15 is 0 Å². The average molecular weight is 309 g/mol. The number of aromatic nitrogens is 3. The zero-order valence-electron chi connectivity index (χ0n) is 12.2. The van der Waals surface area contributed by atoms with Gasteiger partial charge in [0.15, 0.2) is 5.82 Å². The lowest BCUT2D eigenvalue weighted by atomic mass is 10.1. The maximum atomic E-state index is 10.6. The molecule has 3 aromatic rings. The smallest absolute Gasteiger partial charge is 0.269 e. The van der Waals surface area contributed by atoms with Gasteiger partial charge in [-0.2, -0.15) is 5.10 Å². The molecule has 7 heteroatoms. The number of nitrogens with one attached hydrogen (secondary N) is 1. The van der Waals surface area contributed by atoms with Gasteiger partial charge in [-0.1, -0.05) is 42.5 Å². The molecule has 0 fully saturated rings. The molecule has 1 atom stereocenters. The Morgan fingerprint density at radius 2 is 1.83 bits per heavy atom. The first kappa shape index (κ1) is 14.9. The highest BCUT2D eigenvalue weighted by Gasteiger charge is 2.14. The number of rotatable bonds is 5. The SMILES string of the molecule is NC(c1ccccc1)c1n[nH]c(Cc2ccc([N+](=O)[O-])cc2)n1. The van der Waals surface area contributed by atoms with E-state index < -0.39 is 11.0 Å². The second-order valence-electron chi connectivity index (χ2n) is 5.13. The maximum Gasteiger partial charge on any atom is 0.269 e. The maximum absolute atomic E-state index is 10.6. The van der Waals surface area contributed by atoms with Crippen molar-refractivity contribution in [2.75, 3.05) is 0 Å². The first-order valence-electron chi connectivity index (χ1n) is 7.08. The van der Waals surface area contributed by atoms with Gasteiger partial charge >= 0.3 is 0 Å². The molecular formula is C16H15N5O2. The van der Waals surface area contributed by atoms with E-state index in [2.05, 4.69) is 15.2 Å². The molecule has 1 aromatic heterocycles. The molecule has 3 rings (SSSR count). The topological polar surface area (TPSA) is 111 Å². The van der Waals surface area contributed by atoms with Crippen molar-refractivity contribution >= 4 is 5.69 Å². The molecule has 3 N–H and O–H groups in total. The Balaban J connectivity index is 1.73. The van der Waals surface area contributed by atoms with Gasteiger partial charge in [0, 0.05) is 18.6 Å². The zero-order valence-corrected chi connectivity index (χ0v) is 12.2. The predicted octanol–water partition coefficient (Wildman–Crippen LogP) is 2.35. The summed E-state index contributed by atoms with van der Waals surface area (Å²) < 4.78 is 0. The molecule has 0 radical (unpaired) electrons. The van der Waals surface area contributed by atoms with Crippen molar-refractivity contribution in [1.29, 1.82) is 0 Å². The largest absolute Gasteiger partial charge is 0.318 e. The van der Waals surface area contributed by atoms with E-state index in [4.69, 9.17) is 5.73 Å². The fourth-order valence-electron chi connectivity index (χ4n) is 2.27. The summed E-state index contributed by atoms with van der Waals surface area (Å²) in [5.74, 6) is 1.19. The molecule has 0 amide bonds. The van der Waals surface area contributed by atoms with Crippen LogP contribution in [0.1, 0.15) is 28.8 Å². The van der Waals surface area contributed by atoms with Gasteiger partial charge in [-0.15, -0.1) is 0 Å². The van der Waals surface area contributed by atoms with Crippen molar-refractivity contribution in [2.24, 2.45) is 5.73 Å². The first-order chi connectivity index (χ1) is 11.1. The van der Waals surface area contributed by atoms with Gasteiger partial charge in [0.25, 0.3) is 5.69 Å². The fraction of sp³-hybridized carbons (Fsp3) is 0.125.